The molecule has 0 radical (unpaired) electrons. The number of aromatic nitrogens is 1. The number of H-pyrrole nitrogens is 1. The predicted octanol–water partition coefficient (Wildman–Crippen LogP) is 1.78. The van der Waals surface area contributed by atoms with E-state index in [-0.39, 0.29) is 5.91 Å². The van der Waals surface area contributed by atoms with Crippen LogP contribution in [0.1, 0.15) is 26.3 Å². The number of rotatable bonds is 2. The number of aromatic amines is 1. The highest BCUT2D eigenvalue weighted by molar-refractivity contribution is 5.81. The van der Waals surface area contributed by atoms with Crippen LogP contribution in [0.5, 0.6) is 0 Å². The van der Waals surface area contributed by atoms with Gasteiger partial charge in [0.05, 0.1) is 5.52 Å². The standard InChI is InChI=1S/C13H16N2O3/c1-13(2,3)11(16)14-7-8-4-5-10-9(6-8)15-12(17)18-10/h4-6H,7H2,1-3H3,(H,14,16)(H,15,17). The molecule has 1 aromatic heterocycles. The highest BCUT2D eigenvalue weighted by Gasteiger charge is 2.20. The van der Waals surface area contributed by atoms with Crippen molar-refractivity contribution in [1.29, 1.82) is 0 Å². The van der Waals surface area contributed by atoms with Crippen molar-refractivity contribution in [2.24, 2.45) is 5.41 Å². The lowest BCUT2D eigenvalue weighted by Gasteiger charge is -2.17. The van der Waals surface area contributed by atoms with Crippen LogP contribution in [-0.4, -0.2) is 10.9 Å². The number of carbonyl (C=O) groups is 1. The van der Waals surface area contributed by atoms with E-state index in [1.807, 2.05) is 26.8 Å². The molecule has 1 heterocycles. The topological polar surface area (TPSA) is 75.1 Å². The minimum Gasteiger partial charge on any atom is -0.408 e. The van der Waals surface area contributed by atoms with E-state index in [1.165, 1.54) is 0 Å². The van der Waals surface area contributed by atoms with Crippen LogP contribution in [0.3, 0.4) is 0 Å². The lowest BCUT2D eigenvalue weighted by Crippen LogP contribution is -2.34. The fourth-order valence-corrected chi connectivity index (χ4v) is 1.56. The molecule has 1 amide bonds. The minimum absolute atomic E-state index is 0.0108. The quantitative estimate of drug-likeness (QED) is 0.850. The van der Waals surface area contributed by atoms with Gasteiger partial charge in [-0.3, -0.25) is 9.78 Å². The van der Waals surface area contributed by atoms with Crippen LogP contribution in [0.2, 0.25) is 0 Å². The van der Waals surface area contributed by atoms with Crippen molar-refractivity contribution in [1.82, 2.24) is 10.3 Å². The van der Waals surface area contributed by atoms with Gasteiger partial charge in [-0.2, -0.15) is 0 Å². The van der Waals surface area contributed by atoms with Gasteiger partial charge >= 0.3 is 5.76 Å². The fraction of sp³-hybridized carbons (Fsp3) is 0.385. The van der Waals surface area contributed by atoms with Crippen molar-refractivity contribution in [3.63, 3.8) is 0 Å². The second kappa shape index (κ2) is 4.33. The average molecular weight is 248 g/mol. The van der Waals surface area contributed by atoms with Gasteiger partial charge in [0, 0.05) is 12.0 Å². The summed E-state index contributed by atoms with van der Waals surface area (Å²) >= 11 is 0. The fourth-order valence-electron chi connectivity index (χ4n) is 1.56. The van der Waals surface area contributed by atoms with Crippen LogP contribution >= 0.6 is 0 Å². The maximum absolute atomic E-state index is 11.7. The third-order valence-electron chi connectivity index (χ3n) is 2.62. The van der Waals surface area contributed by atoms with Gasteiger partial charge in [0.15, 0.2) is 5.58 Å². The number of oxazole rings is 1. The average Bonchev–Trinajstić information content (AvgIpc) is 2.63. The Morgan fingerprint density at radius 2 is 2.11 bits per heavy atom. The van der Waals surface area contributed by atoms with E-state index in [2.05, 4.69) is 10.3 Å². The Morgan fingerprint density at radius 3 is 2.78 bits per heavy atom. The molecule has 1 aromatic carbocycles. The number of hydrogen-bond donors (Lipinski definition) is 2. The van der Waals surface area contributed by atoms with Crippen LogP contribution in [0, 0.1) is 5.41 Å². The molecule has 5 nitrogen and oxygen atoms in total. The van der Waals surface area contributed by atoms with Gasteiger partial charge in [-0.25, -0.2) is 4.79 Å². The van der Waals surface area contributed by atoms with Gasteiger partial charge in [-0.05, 0) is 17.7 Å². The van der Waals surface area contributed by atoms with Crippen molar-refractivity contribution in [2.45, 2.75) is 27.3 Å². The number of benzene rings is 1. The van der Waals surface area contributed by atoms with Gasteiger partial charge in [0.25, 0.3) is 0 Å². The molecule has 0 saturated heterocycles. The van der Waals surface area contributed by atoms with Crippen LogP contribution in [0.25, 0.3) is 11.1 Å². The summed E-state index contributed by atoms with van der Waals surface area (Å²) in [7, 11) is 0. The minimum atomic E-state index is -0.471. The molecule has 0 saturated carbocycles. The zero-order valence-electron chi connectivity index (χ0n) is 10.7. The summed E-state index contributed by atoms with van der Waals surface area (Å²) in [6.45, 7) is 6.01. The van der Waals surface area contributed by atoms with E-state index in [4.69, 9.17) is 4.42 Å². The van der Waals surface area contributed by atoms with E-state index in [0.29, 0.717) is 17.6 Å². The number of nitrogens with one attached hydrogen (secondary N) is 2. The molecule has 5 heteroatoms. The first-order valence-electron chi connectivity index (χ1n) is 5.76. The Kier molecular flexibility index (Phi) is 2.98. The smallest absolute Gasteiger partial charge is 0.408 e. The molecular formula is C13H16N2O3. The van der Waals surface area contributed by atoms with Gasteiger partial charge in [0.1, 0.15) is 0 Å². The third kappa shape index (κ3) is 2.61. The zero-order chi connectivity index (χ0) is 13.3. The van der Waals surface area contributed by atoms with Crippen LogP contribution in [0.4, 0.5) is 0 Å². The summed E-state index contributed by atoms with van der Waals surface area (Å²) in [6.07, 6.45) is 0. The second-order valence-electron chi connectivity index (χ2n) is 5.28. The molecule has 96 valence electrons. The molecule has 0 unspecified atom stereocenters. The van der Waals surface area contributed by atoms with Crippen LogP contribution in [-0.2, 0) is 11.3 Å². The summed E-state index contributed by atoms with van der Waals surface area (Å²) in [5, 5.41) is 2.85. The van der Waals surface area contributed by atoms with Gasteiger partial charge in [-0.15, -0.1) is 0 Å². The zero-order valence-corrected chi connectivity index (χ0v) is 10.7. The van der Waals surface area contributed by atoms with Crippen molar-refractivity contribution < 1.29 is 9.21 Å². The lowest BCUT2D eigenvalue weighted by molar-refractivity contribution is -0.128. The Morgan fingerprint density at radius 1 is 1.39 bits per heavy atom. The maximum Gasteiger partial charge on any atom is 0.417 e. The van der Waals surface area contributed by atoms with E-state index < -0.39 is 11.2 Å². The SMILES string of the molecule is CC(C)(C)C(=O)NCc1ccc2oc(=O)[nH]c2c1. The Bertz CT molecular complexity index is 631. The van der Waals surface area contributed by atoms with E-state index >= 15 is 0 Å². The number of amides is 1. The summed E-state index contributed by atoms with van der Waals surface area (Å²) in [5.74, 6) is -0.482. The molecule has 0 aliphatic carbocycles. The van der Waals surface area contributed by atoms with Crippen molar-refractivity contribution >= 4 is 17.0 Å². The molecule has 0 aliphatic rings. The summed E-state index contributed by atoms with van der Waals surface area (Å²) in [4.78, 5) is 25.3. The van der Waals surface area contributed by atoms with Gasteiger partial charge in [-0.1, -0.05) is 26.8 Å². The third-order valence-corrected chi connectivity index (χ3v) is 2.62. The molecule has 2 aromatic rings. The Balaban J connectivity index is 2.13. The first-order valence-corrected chi connectivity index (χ1v) is 5.76. The van der Waals surface area contributed by atoms with Crippen LogP contribution in [0.15, 0.2) is 27.4 Å². The molecular weight excluding hydrogens is 232 g/mol. The molecule has 0 fully saturated rings. The Hall–Kier alpha value is -2.04. The molecule has 2 N–H and O–H groups in total. The highest BCUT2D eigenvalue weighted by atomic mass is 16.4. The molecule has 0 aliphatic heterocycles. The second-order valence-corrected chi connectivity index (χ2v) is 5.28. The summed E-state index contributed by atoms with van der Waals surface area (Å²) in [5.41, 5.74) is 1.67. The number of hydrogen-bond acceptors (Lipinski definition) is 3. The van der Waals surface area contributed by atoms with E-state index in [1.54, 1.807) is 12.1 Å². The van der Waals surface area contributed by atoms with Gasteiger partial charge in [0.2, 0.25) is 5.91 Å². The largest absolute Gasteiger partial charge is 0.417 e. The monoisotopic (exact) mass is 248 g/mol. The number of carbonyl (C=O) groups excluding carboxylic acids is 1. The maximum atomic E-state index is 11.7. The predicted molar refractivity (Wildman–Crippen MR) is 68.1 cm³/mol. The lowest BCUT2D eigenvalue weighted by atomic mass is 9.95. The van der Waals surface area contributed by atoms with Crippen molar-refractivity contribution in [3.05, 3.63) is 34.3 Å². The first-order chi connectivity index (χ1) is 8.36. The van der Waals surface area contributed by atoms with Gasteiger partial charge < -0.3 is 9.73 Å². The van der Waals surface area contributed by atoms with Crippen molar-refractivity contribution in [2.75, 3.05) is 0 Å². The van der Waals surface area contributed by atoms with Crippen LogP contribution < -0.4 is 11.1 Å². The molecule has 18 heavy (non-hydrogen) atoms. The molecule has 0 atom stereocenters. The van der Waals surface area contributed by atoms with E-state index in [9.17, 15) is 9.59 Å². The number of fused-ring (bicyclic) bond motifs is 1. The Labute approximate surface area is 104 Å². The summed E-state index contributed by atoms with van der Waals surface area (Å²) < 4.78 is 4.90. The molecule has 2 rings (SSSR count). The van der Waals surface area contributed by atoms with E-state index in [0.717, 1.165) is 5.56 Å². The molecule has 0 spiro atoms. The summed E-state index contributed by atoms with van der Waals surface area (Å²) in [6, 6.07) is 5.33. The highest BCUT2D eigenvalue weighted by Crippen LogP contribution is 2.15. The molecule has 0 bridgehead atoms. The van der Waals surface area contributed by atoms with Crippen molar-refractivity contribution in [3.8, 4) is 0 Å². The normalized spacial score (nSPS) is 11.7. The first kappa shape index (κ1) is 12.4.